The quantitative estimate of drug-likeness (QED) is 0.133. The molecule has 46 heavy (non-hydrogen) atoms. The lowest BCUT2D eigenvalue weighted by atomic mass is 9.94. The lowest BCUT2D eigenvalue weighted by Gasteiger charge is -2.18. The molecular weight excluding hydrogens is 591 g/mol. The van der Waals surface area contributed by atoms with Crippen LogP contribution in [0.2, 0.25) is 0 Å². The molecule has 0 aliphatic heterocycles. The van der Waals surface area contributed by atoms with Crippen LogP contribution in [0.15, 0.2) is 78.9 Å². The second-order valence-corrected chi connectivity index (χ2v) is 11.1. The van der Waals surface area contributed by atoms with E-state index in [1.54, 1.807) is 44.6 Å². The van der Waals surface area contributed by atoms with Crippen molar-refractivity contribution in [3.05, 3.63) is 102 Å². The number of benzene rings is 3. The summed E-state index contributed by atoms with van der Waals surface area (Å²) in [5.74, 6) is -0.793. The first-order valence-electron chi connectivity index (χ1n) is 14.9. The third-order valence-electron chi connectivity index (χ3n) is 7.50. The summed E-state index contributed by atoms with van der Waals surface area (Å²) in [6.07, 6.45) is -0.0000707. The summed E-state index contributed by atoms with van der Waals surface area (Å²) in [6.45, 7) is 4.01. The second kappa shape index (κ2) is 15.4. The van der Waals surface area contributed by atoms with E-state index in [-0.39, 0.29) is 24.9 Å². The van der Waals surface area contributed by atoms with Crippen molar-refractivity contribution in [2.45, 2.75) is 51.5 Å². The lowest BCUT2D eigenvalue weighted by Crippen LogP contribution is -2.27. The predicted molar refractivity (Wildman–Crippen MR) is 174 cm³/mol. The van der Waals surface area contributed by atoms with Crippen molar-refractivity contribution in [3.8, 4) is 33.8 Å². The van der Waals surface area contributed by atoms with E-state index in [4.69, 9.17) is 14.6 Å². The van der Waals surface area contributed by atoms with Crippen LogP contribution in [0.4, 0.5) is 4.39 Å². The Morgan fingerprint density at radius 1 is 0.935 bits per heavy atom. The van der Waals surface area contributed by atoms with Crippen LogP contribution in [0.5, 0.6) is 11.5 Å². The van der Waals surface area contributed by atoms with Crippen LogP contribution in [0.25, 0.3) is 28.3 Å². The van der Waals surface area contributed by atoms with Gasteiger partial charge in [0.25, 0.3) is 5.91 Å². The first kappa shape index (κ1) is 34.0. The first-order valence-corrected chi connectivity index (χ1v) is 14.9. The number of methoxy groups -OCH3 is 2. The van der Waals surface area contributed by atoms with Crippen molar-refractivity contribution in [2.24, 2.45) is 0 Å². The van der Waals surface area contributed by atoms with Crippen molar-refractivity contribution < 1.29 is 38.8 Å². The van der Waals surface area contributed by atoms with Crippen LogP contribution in [0.1, 0.15) is 54.5 Å². The number of nitrogens with zero attached hydrogens (tertiary/aromatic N) is 1. The number of amides is 1. The molecule has 1 aromatic heterocycles. The molecule has 2 unspecified atom stereocenters. The number of aliphatic hydroxyl groups is 2. The number of carbonyl (C=O) groups is 2. The van der Waals surface area contributed by atoms with Crippen molar-refractivity contribution >= 4 is 18.0 Å². The van der Waals surface area contributed by atoms with Gasteiger partial charge in [0.2, 0.25) is 0 Å². The molecule has 0 radical (unpaired) electrons. The number of nitrogens with one attached hydrogen (secondary N) is 1. The van der Waals surface area contributed by atoms with Gasteiger partial charge in [0.1, 0.15) is 23.0 Å². The standard InChI is InChI=1S/C36H39FN2O7/c1-22(2)39-30(17-15-27(40)18-28(41)19-32(42)43)33(24-10-13-26(37)14-11-24)34(23-8-6-5-7-9-23)35(39)36(44)38-21-25-12-16-29(45-3)20-31(25)46-4/h5-17,20,22,27-28,40-41H,18-19,21H2,1-4H3,(H,38,44)(H,42,43)/b17-15+. The molecule has 4 N–H and O–H groups in total. The summed E-state index contributed by atoms with van der Waals surface area (Å²) in [6, 6.07) is 20.4. The zero-order valence-electron chi connectivity index (χ0n) is 26.2. The number of carboxylic acid groups (broad SMARTS) is 1. The number of rotatable bonds is 14. The molecule has 1 amide bonds. The number of carboxylic acids is 1. The van der Waals surface area contributed by atoms with E-state index in [0.717, 1.165) is 11.1 Å². The molecule has 10 heteroatoms. The number of carbonyl (C=O) groups excluding carboxylic acids is 1. The van der Waals surface area contributed by atoms with Crippen LogP contribution in [-0.2, 0) is 11.3 Å². The number of aliphatic hydroxyl groups excluding tert-OH is 2. The highest BCUT2D eigenvalue weighted by atomic mass is 19.1. The van der Waals surface area contributed by atoms with Gasteiger partial charge in [-0.3, -0.25) is 9.59 Å². The molecule has 2 atom stereocenters. The summed E-state index contributed by atoms with van der Waals surface area (Å²) in [5.41, 5.74) is 4.31. The minimum absolute atomic E-state index is 0.154. The maximum atomic E-state index is 14.3. The zero-order valence-corrected chi connectivity index (χ0v) is 26.2. The largest absolute Gasteiger partial charge is 0.497 e. The van der Waals surface area contributed by atoms with Crippen LogP contribution in [0.3, 0.4) is 0 Å². The molecule has 0 saturated carbocycles. The van der Waals surface area contributed by atoms with Crippen molar-refractivity contribution in [1.82, 2.24) is 9.88 Å². The van der Waals surface area contributed by atoms with Gasteiger partial charge < -0.3 is 34.7 Å². The van der Waals surface area contributed by atoms with Crippen LogP contribution in [-0.4, -0.2) is 58.2 Å². The molecular formula is C36H39FN2O7. The van der Waals surface area contributed by atoms with Crippen LogP contribution >= 0.6 is 0 Å². The Bertz CT molecular complexity index is 1680. The summed E-state index contributed by atoms with van der Waals surface area (Å²) in [5, 5.41) is 32.9. The second-order valence-electron chi connectivity index (χ2n) is 11.1. The Morgan fingerprint density at radius 2 is 1.61 bits per heavy atom. The molecule has 4 rings (SSSR count). The van der Waals surface area contributed by atoms with Crippen molar-refractivity contribution in [2.75, 3.05) is 14.2 Å². The summed E-state index contributed by atoms with van der Waals surface area (Å²) in [7, 11) is 3.10. The topological polar surface area (TPSA) is 130 Å². The van der Waals surface area contributed by atoms with Gasteiger partial charge in [-0.25, -0.2) is 4.39 Å². The van der Waals surface area contributed by atoms with Crippen LogP contribution in [0, 0.1) is 5.82 Å². The average molecular weight is 631 g/mol. The fraction of sp³-hybridized carbons (Fsp3) is 0.278. The third-order valence-corrected chi connectivity index (χ3v) is 7.50. The Hall–Kier alpha value is -4.93. The number of aliphatic carboxylic acids is 1. The normalized spacial score (nSPS) is 12.7. The Morgan fingerprint density at radius 3 is 2.22 bits per heavy atom. The summed E-state index contributed by atoms with van der Waals surface area (Å²) >= 11 is 0. The van der Waals surface area contributed by atoms with E-state index < -0.39 is 30.4 Å². The van der Waals surface area contributed by atoms with Gasteiger partial charge in [-0.2, -0.15) is 0 Å². The number of halogens is 1. The van der Waals surface area contributed by atoms with Gasteiger partial charge in [-0.1, -0.05) is 48.5 Å². The van der Waals surface area contributed by atoms with Gasteiger partial charge >= 0.3 is 5.97 Å². The number of hydrogen-bond acceptors (Lipinski definition) is 6. The smallest absolute Gasteiger partial charge is 0.305 e. The van der Waals surface area contributed by atoms with E-state index in [1.807, 2.05) is 54.8 Å². The van der Waals surface area contributed by atoms with Crippen molar-refractivity contribution in [3.63, 3.8) is 0 Å². The molecule has 1 heterocycles. The highest BCUT2D eigenvalue weighted by molar-refractivity contribution is 6.06. The zero-order chi connectivity index (χ0) is 33.4. The monoisotopic (exact) mass is 630 g/mol. The predicted octanol–water partition coefficient (Wildman–Crippen LogP) is 6.09. The van der Waals surface area contributed by atoms with E-state index in [0.29, 0.717) is 39.6 Å². The molecule has 0 aliphatic carbocycles. The van der Waals surface area contributed by atoms with Gasteiger partial charge in [0.15, 0.2) is 0 Å². The molecule has 0 saturated heterocycles. The van der Waals surface area contributed by atoms with E-state index in [2.05, 4.69) is 5.32 Å². The number of hydrogen-bond donors (Lipinski definition) is 4. The lowest BCUT2D eigenvalue weighted by molar-refractivity contribution is -0.139. The van der Waals surface area contributed by atoms with E-state index >= 15 is 0 Å². The average Bonchev–Trinajstić information content (AvgIpc) is 3.38. The number of aromatic nitrogens is 1. The van der Waals surface area contributed by atoms with Gasteiger partial charge in [0.05, 0.1) is 32.8 Å². The van der Waals surface area contributed by atoms with Gasteiger partial charge in [0, 0.05) is 47.5 Å². The van der Waals surface area contributed by atoms with Gasteiger partial charge in [-0.15, -0.1) is 0 Å². The molecule has 0 fully saturated rings. The molecule has 0 spiro atoms. The van der Waals surface area contributed by atoms with Gasteiger partial charge in [-0.05, 0) is 55.3 Å². The maximum Gasteiger partial charge on any atom is 0.305 e. The van der Waals surface area contributed by atoms with Crippen molar-refractivity contribution in [1.29, 1.82) is 0 Å². The molecule has 242 valence electrons. The molecule has 0 bridgehead atoms. The molecule has 4 aromatic rings. The van der Waals surface area contributed by atoms with E-state index in [1.165, 1.54) is 18.2 Å². The molecule has 9 nitrogen and oxygen atoms in total. The summed E-state index contributed by atoms with van der Waals surface area (Å²) in [4.78, 5) is 25.3. The fourth-order valence-corrected chi connectivity index (χ4v) is 5.43. The van der Waals surface area contributed by atoms with E-state index in [9.17, 15) is 24.2 Å². The fourth-order valence-electron chi connectivity index (χ4n) is 5.43. The Labute approximate surface area is 267 Å². The van der Waals surface area contributed by atoms with Crippen LogP contribution < -0.4 is 14.8 Å². The SMILES string of the molecule is COc1ccc(CNC(=O)c2c(-c3ccccc3)c(-c3ccc(F)cc3)c(/C=C/C(O)CC(O)CC(=O)O)n2C(C)C)c(OC)c1. The minimum Gasteiger partial charge on any atom is -0.497 e. The molecule has 0 aliphatic rings. The Balaban J connectivity index is 1.90. The molecule has 3 aromatic carbocycles. The number of ether oxygens (including phenoxy) is 2. The maximum absolute atomic E-state index is 14.3. The first-order chi connectivity index (χ1) is 22.0. The highest BCUT2D eigenvalue weighted by Crippen LogP contribution is 2.42. The summed E-state index contributed by atoms with van der Waals surface area (Å²) < 4.78 is 26.8. The highest BCUT2D eigenvalue weighted by Gasteiger charge is 2.29. The Kier molecular flexibility index (Phi) is 11.3. The third kappa shape index (κ3) is 8.01. The minimum atomic E-state index is -1.25.